The fourth-order valence-corrected chi connectivity index (χ4v) is 6.24. The number of ether oxygens (including phenoxy) is 1. The van der Waals surface area contributed by atoms with Gasteiger partial charge in [0.15, 0.2) is 17.4 Å². The molecule has 0 bridgehead atoms. The summed E-state index contributed by atoms with van der Waals surface area (Å²) in [6.07, 6.45) is 2.01. The number of carbonyl (C=O) groups excluding carboxylic acids is 2. The molecule has 4 heterocycles. The molecule has 0 saturated carbocycles. The van der Waals surface area contributed by atoms with Gasteiger partial charge >= 0.3 is 0 Å². The number of amides is 2. The van der Waals surface area contributed by atoms with Crippen molar-refractivity contribution in [2.24, 2.45) is 5.92 Å². The van der Waals surface area contributed by atoms with E-state index in [9.17, 15) is 33.4 Å². The Morgan fingerprint density at radius 2 is 1.85 bits per heavy atom. The number of rotatable bonds is 11. The van der Waals surface area contributed by atoms with Crippen molar-refractivity contribution < 1.29 is 33.3 Å². The quantitative estimate of drug-likeness (QED) is 0.105. The predicted octanol–water partition coefficient (Wildman–Crippen LogP) is 3.05. The summed E-state index contributed by atoms with van der Waals surface area (Å²) < 4.78 is 33.2. The second-order valence-corrected chi connectivity index (χ2v) is 11.7. The van der Waals surface area contributed by atoms with Crippen molar-refractivity contribution in [1.29, 1.82) is 0 Å². The number of aromatic nitrogens is 3. The number of aliphatic hydroxyl groups is 2. The van der Waals surface area contributed by atoms with Crippen molar-refractivity contribution in [2.75, 3.05) is 38.2 Å². The predicted molar refractivity (Wildman–Crippen MR) is 165 cm³/mol. The van der Waals surface area contributed by atoms with Gasteiger partial charge in [0.25, 0.3) is 17.4 Å². The Hall–Kier alpha value is -4.37. The highest BCUT2D eigenvalue weighted by Crippen LogP contribution is 2.34. The van der Waals surface area contributed by atoms with Crippen LogP contribution in [0, 0.1) is 17.6 Å². The lowest BCUT2D eigenvalue weighted by molar-refractivity contribution is 0.0464. The Labute approximate surface area is 265 Å². The number of hydrogen-bond acceptors (Lipinski definition) is 9. The third kappa shape index (κ3) is 5.96. The minimum Gasteiger partial charge on any atom is -0.485 e. The summed E-state index contributed by atoms with van der Waals surface area (Å²) in [4.78, 5) is 51.5. The number of nitrogens with zero attached hydrogens (tertiary/aromatic N) is 2. The number of fused-ring (bicyclic) bond motifs is 2. The molecule has 2 aliphatic rings. The molecule has 46 heavy (non-hydrogen) atoms. The molecular formula is C31H31ClF2N6O6. The second-order valence-electron chi connectivity index (χ2n) is 11.3. The van der Waals surface area contributed by atoms with Gasteiger partial charge < -0.3 is 35.6 Å². The number of piperidine rings is 1. The Morgan fingerprint density at radius 3 is 2.59 bits per heavy atom. The third-order valence-electron chi connectivity index (χ3n) is 8.35. The van der Waals surface area contributed by atoms with E-state index in [1.165, 1.54) is 17.2 Å². The van der Waals surface area contributed by atoms with Gasteiger partial charge in [-0.2, -0.15) is 0 Å². The number of imidazole rings is 1. The Balaban J connectivity index is 1.22. The zero-order valence-electron chi connectivity index (χ0n) is 24.4. The van der Waals surface area contributed by atoms with E-state index in [0.29, 0.717) is 11.0 Å². The summed E-state index contributed by atoms with van der Waals surface area (Å²) in [5.41, 5.74) is 1.03. The maximum Gasteiger partial charge on any atom is 0.261 e. The summed E-state index contributed by atoms with van der Waals surface area (Å²) in [5, 5.41) is 26.0. The lowest BCUT2D eigenvalue weighted by Gasteiger charge is -2.35. The van der Waals surface area contributed by atoms with Gasteiger partial charge in [0.2, 0.25) is 0 Å². The van der Waals surface area contributed by atoms with Crippen molar-refractivity contribution in [3.05, 3.63) is 74.7 Å². The molecule has 0 radical (unpaired) electrons. The molecular weight excluding hydrogens is 626 g/mol. The molecule has 12 nitrogen and oxygen atoms in total. The molecule has 1 saturated heterocycles. The molecule has 0 spiro atoms. The van der Waals surface area contributed by atoms with Crippen LogP contribution in [0.3, 0.4) is 0 Å². The first-order chi connectivity index (χ1) is 22.2. The minimum atomic E-state index is -1.25. The van der Waals surface area contributed by atoms with Gasteiger partial charge in [0, 0.05) is 25.4 Å². The molecule has 6 N–H and O–H groups in total. The first-order valence-electron chi connectivity index (χ1n) is 14.8. The zero-order valence-corrected chi connectivity index (χ0v) is 25.2. The molecule has 6 rings (SSSR count). The van der Waals surface area contributed by atoms with E-state index in [2.05, 4.69) is 25.6 Å². The lowest BCUT2D eigenvalue weighted by Crippen LogP contribution is -2.47. The lowest BCUT2D eigenvalue weighted by atomic mass is 9.87. The number of nitrogens with one attached hydrogen (secondary N) is 4. The number of aromatic amines is 2. The van der Waals surface area contributed by atoms with Crippen molar-refractivity contribution >= 4 is 40.1 Å². The van der Waals surface area contributed by atoms with Crippen molar-refractivity contribution in [1.82, 2.24) is 25.2 Å². The molecule has 15 heteroatoms. The normalized spacial score (nSPS) is 16.6. The number of pyridine rings is 1. The van der Waals surface area contributed by atoms with Gasteiger partial charge in [0.1, 0.15) is 24.1 Å². The Bertz CT molecular complexity index is 1810. The van der Waals surface area contributed by atoms with E-state index in [1.54, 1.807) is 12.1 Å². The zero-order chi connectivity index (χ0) is 32.5. The number of aliphatic hydroxyl groups excluding tert-OH is 2. The number of imide groups is 1. The highest BCUT2D eigenvalue weighted by molar-refractivity contribution is 6.30. The van der Waals surface area contributed by atoms with Crippen LogP contribution < -0.4 is 20.9 Å². The monoisotopic (exact) mass is 656 g/mol. The van der Waals surface area contributed by atoms with Crippen LogP contribution in [-0.2, 0) is 0 Å². The van der Waals surface area contributed by atoms with Gasteiger partial charge in [0.05, 0.1) is 32.9 Å². The summed E-state index contributed by atoms with van der Waals surface area (Å²) in [6.45, 7) is 0.748. The topological polar surface area (TPSA) is 173 Å². The molecule has 2 atom stereocenters. The van der Waals surface area contributed by atoms with Crippen LogP contribution in [0.5, 0.6) is 5.75 Å². The Morgan fingerprint density at radius 1 is 1.11 bits per heavy atom. The number of anilines is 1. The van der Waals surface area contributed by atoms with Crippen LogP contribution in [0.15, 0.2) is 41.3 Å². The van der Waals surface area contributed by atoms with E-state index < -0.39 is 53.5 Å². The molecule has 2 unspecified atom stereocenters. The summed E-state index contributed by atoms with van der Waals surface area (Å²) >= 11 is 5.68. The summed E-state index contributed by atoms with van der Waals surface area (Å²) in [7, 11) is 0. The number of carbonyl (C=O) groups is 2. The first-order valence-corrected chi connectivity index (χ1v) is 15.2. The molecule has 242 valence electrons. The van der Waals surface area contributed by atoms with E-state index in [1.807, 2.05) is 0 Å². The van der Waals surface area contributed by atoms with Crippen molar-refractivity contribution in [3.8, 4) is 17.1 Å². The largest absolute Gasteiger partial charge is 0.485 e. The molecule has 2 aromatic heterocycles. The average Bonchev–Trinajstić information content (AvgIpc) is 3.57. The van der Waals surface area contributed by atoms with E-state index >= 15 is 0 Å². The molecule has 2 aromatic carbocycles. The van der Waals surface area contributed by atoms with Crippen LogP contribution in [0.25, 0.3) is 22.4 Å². The maximum atomic E-state index is 14.1. The Kier molecular flexibility index (Phi) is 9.04. The second kappa shape index (κ2) is 13.2. The number of benzene rings is 2. The molecule has 4 aromatic rings. The number of hydrogen-bond donors (Lipinski definition) is 6. The van der Waals surface area contributed by atoms with Crippen LogP contribution in [0.4, 0.5) is 14.5 Å². The fourth-order valence-electron chi connectivity index (χ4n) is 6.09. The fraction of sp³-hybridized carbons (Fsp3) is 0.355. The van der Waals surface area contributed by atoms with Gasteiger partial charge in [-0.25, -0.2) is 13.8 Å². The van der Waals surface area contributed by atoms with Gasteiger partial charge in [-0.3, -0.25) is 19.3 Å². The van der Waals surface area contributed by atoms with Crippen LogP contribution in [-0.4, -0.2) is 86.9 Å². The standard InChI is InChI=1S/C31H31ClF2N6O6/c32-19-1-2-20(33)27(26(19)34)46-14-16(42)13-37-21-5-9-36-29(43)25(21)28-38-22-11-17-18(12-23(22)39-28)31(45)40(30(17)44)24(6-10-41)15-3-7-35-8-4-15/h1-2,5,9,11-12,15-16,24,35,41-42H,3-4,6-8,10,13-14H2,(H,38,39)(H2,36,37,43). The van der Waals surface area contributed by atoms with E-state index in [-0.39, 0.29) is 58.7 Å². The van der Waals surface area contributed by atoms with Crippen molar-refractivity contribution in [2.45, 2.75) is 31.4 Å². The first kappa shape index (κ1) is 31.6. The summed E-state index contributed by atoms with van der Waals surface area (Å²) in [5.74, 6) is -3.45. The van der Waals surface area contributed by atoms with Crippen LogP contribution in [0.2, 0.25) is 5.02 Å². The third-order valence-corrected chi connectivity index (χ3v) is 8.64. The molecule has 2 amide bonds. The molecule has 1 fully saturated rings. The maximum absolute atomic E-state index is 14.1. The molecule has 0 aliphatic carbocycles. The highest BCUT2D eigenvalue weighted by Gasteiger charge is 2.43. The van der Waals surface area contributed by atoms with Crippen LogP contribution in [0.1, 0.15) is 40.0 Å². The van der Waals surface area contributed by atoms with E-state index in [0.717, 1.165) is 38.1 Å². The SMILES string of the molecule is O=C1c2cc3nc(-c4c(NCC(O)COc5c(F)ccc(Cl)c5F)cc[nH]c4=O)[nH]c3cc2C(=O)N1C(CCO)C1CCNCC1. The van der Waals surface area contributed by atoms with Gasteiger partial charge in [-0.05, 0) is 68.6 Å². The number of H-pyrrole nitrogens is 2. The highest BCUT2D eigenvalue weighted by atomic mass is 35.5. The van der Waals surface area contributed by atoms with Crippen molar-refractivity contribution in [3.63, 3.8) is 0 Å². The molecule has 2 aliphatic heterocycles. The number of halogens is 3. The van der Waals surface area contributed by atoms with Gasteiger partial charge in [-0.1, -0.05) is 11.6 Å². The summed E-state index contributed by atoms with van der Waals surface area (Å²) in [6, 6.07) is 6.17. The average molecular weight is 657 g/mol. The minimum absolute atomic E-state index is 0.0742. The smallest absolute Gasteiger partial charge is 0.261 e. The van der Waals surface area contributed by atoms with E-state index in [4.69, 9.17) is 16.3 Å². The van der Waals surface area contributed by atoms with Crippen LogP contribution >= 0.6 is 11.6 Å². The van der Waals surface area contributed by atoms with Gasteiger partial charge in [-0.15, -0.1) is 0 Å².